The first-order valence-corrected chi connectivity index (χ1v) is 4.27. The fourth-order valence-corrected chi connectivity index (χ4v) is 1.56. The molecule has 1 aliphatic rings. The predicted octanol–water partition coefficient (Wildman–Crippen LogP) is -1.50. The first-order chi connectivity index (χ1) is 6.11. The first-order valence-electron chi connectivity index (χ1n) is 4.27. The van der Waals surface area contributed by atoms with Crippen LogP contribution in [0.5, 0.6) is 0 Å². The molecule has 1 heterocycles. The molecule has 0 radical (unpaired) electrons. The summed E-state index contributed by atoms with van der Waals surface area (Å²) >= 11 is 0. The van der Waals surface area contributed by atoms with E-state index in [1.165, 1.54) is 7.11 Å². The van der Waals surface area contributed by atoms with Crippen molar-refractivity contribution in [3.63, 3.8) is 0 Å². The minimum absolute atomic E-state index is 0.230. The van der Waals surface area contributed by atoms with Gasteiger partial charge in [-0.15, -0.1) is 0 Å². The average Bonchev–Trinajstić information content (AvgIpc) is 2.13. The van der Waals surface area contributed by atoms with Crippen LogP contribution in [0.15, 0.2) is 0 Å². The van der Waals surface area contributed by atoms with Gasteiger partial charge in [0.15, 0.2) is 0 Å². The second kappa shape index (κ2) is 4.34. The van der Waals surface area contributed by atoms with Crippen LogP contribution in [-0.4, -0.2) is 59.6 Å². The lowest BCUT2D eigenvalue weighted by atomic mass is 9.96. The maximum atomic E-state index is 9.54. The van der Waals surface area contributed by atoms with Crippen LogP contribution in [-0.2, 0) is 9.47 Å². The number of rotatable bonds is 2. The van der Waals surface area contributed by atoms with Gasteiger partial charge in [-0.2, -0.15) is 0 Å². The van der Waals surface area contributed by atoms with E-state index in [9.17, 15) is 10.2 Å². The second-order valence-corrected chi connectivity index (χ2v) is 3.24. The summed E-state index contributed by atoms with van der Waals surface area (Å²) in [6.07, 6.45) is -3.70. The zero-order valence-corrected chi connectivity index (χ0v) is 7.75. The molecule has 0 aromatic carbocycles. The van der Waals surface area contributed by atoms with Crippen LogP contribution in [0.3, 0.4) is 0 Å². The third-order valence-electron chi connectivity index (χ3n) is 2.38. The molecule has 13 heavy (non-hydrogen) atoms. The van der Waals surface area contributed by atoms with Gasteiger partial charge in [-0.25, -0.2) is 0 Å². The molecule has 3 unspecified atom stereocenters. The lowest BCUT2D eigenvalue weighted by molar-refractivity contribution is -0.231. The van der Waals surface area contributed by atoms with E-state index in [2.05, 4.69) is 0 Å². The minimum atomic E-state index is -1.01. The van der Waals surface area contributed by atoms with E-state index >= 15 is 0 Å². The van der Waals surface area contributed by atoms with Crippen molar-refractivity contribution in [1.29, 1.82) is 0 Å². The molecule has 0 amide bonds. The Morgan fingerprint density at radius 3 is 2.38 bits per heavy atom. The maximum absolute atomic E-state index is 9.54. The van der Waals surface area contributed by atoms with Crippen molar-refractivity contribution < 1.29 is 24.8 Å². The fourth-order valence-electron chi connectivity index (χ4n) is 1.56. The van der Waals surface area contributed by atoms with Gasteiger partial charge in [0.1, 0.15) is 24.4 Å². The first kappa shape index (κ1) is 10.9. The van der Waals surface area contributed by atoms with Crippen molar-refractivity contribution in [2.75, 3.05) is 13.7 Å². The van der Waals surface area contributed by atoms with Crippen molar-refractivity contribution in [2.45, 2.75) is 37.4 Å². The number of hydrogen-bond acceptors (Lipinski definition) is 5. The van der Waals surface area contributed by atoms with Crippen LogP contribution in [0.1, 0.15) is 6.92 Å². The third kappa shape index (κ3) is 2.00. The Morgan fingerprint density at radius 2 is 1.92 bits per heavy atom. The fraction of sp³-hybridized carbons (Fsp3) is 1.00. The molecule has 1 saturated heterocycles. The van der Waals surface area contributed by atoms with Gasteiger partial charge in [0.2, 0.25) is 0 Å². The summed E-state index contributed by atoms with van der Waals surface area (Å²) in [5, 5.41) is 27.9. The number of hydrogen-bond donors (Lipinski definition) is 3. The van der Waals surface area contributed by atoms with E-state index in [1.54, 1.807) is 6.92 Å². The summed E-state index contributed by atoms with van der Waals surface area (Å²) in [4.78, 5) is 0. The molecule has 5 heteroatoms. The SMILES string of the molecule is COC1C(CO)O[C@H](C)[C@H](O)C1O. The van der Waals surface area contributed by atoms with E-state index < -0.39 is 30.5 Å². The molecule has 0 bridgehead atoms. The van der Waals surface area contributed by atoms with Crippen LogP contribution >= 0.6 is 0 Å². The Hall–Kier alpha value is -0.200. The molecule has 0 spiro atoms. The van der Waals surface area contributed by atoms with Gasteiger partial charge in [0.05, 0.1) is 12.7 Å². The van der Waals surface area contributed by atoms with Crippen LogP contribution in [0, 0.1) is 0 Å². The van der Waals surface area contributed by atoms with Gasteiger partial charge in [0.25, 0.3) is 0 Å². The summed E-state index contributed by atoms with van der Waals surface area (Å²) in [5.41, 5.74) is 0. The maximum Gasteiger partial charge on any atom is 0.114 e. The summed E-state index contributed by atoms with van der Waals surface area (Å²) in [7, 11) is 1.41. The standard InChI is InChI=1S/C8H16O5/c1-4-6(10)7(11)8(12-2)5(3-9)13-4/h4-11H,3H2,1-2H3/t4-,5?,6+,7?,8?/m1/s1. The van der Waals surface area contributed by atoms with Gasteiger partial charge < -0.3 is 24.8 Å². The Bertz CT molecular complexity index is 161. The predicted molar refractivity (Wildman–Crippen MR) is 44.2 cm³/mol. The molecule has 0 aliphatic carbocycles. The normalized spacial score (nSPS) is 46.4. The Morgan fingerprint density at radius 1 is 1.31 bits per heavy atom. The summed E-state index contributed by atoms with van der Waals surface area (Å²) in [6.45, 7) is 1.41. The third-order valence-corrected chi connectivity index (χ3v) is 2.38. The van der Waals surface area contributed by atoms with Gasteiger partial charge in [-0.3, -0.25) is 0 Å². The lowest BCUT2D eigenvalue weighted by Crippen LogP contribution is -2.58. The number of ether oxygens (including phenoxy) is 2. The van der Waals surface area contributed by atoms with Crippen LogP contribution in [0.4, 0.5) is 0 Å². The second-order valence-electron chi connectivity index (χ2n) is 3.24. The molecule has 5 atom stereocenters. The van der Waals surface area contributed by atoms with Gasteiger partial charge in [-0.05, 0) is 6.92 Å². The van der Waals surface area contributed by atoms with E-state index in [0.717, 1.165) is 0 Å². The molecule has 5 nitrogen and oxygen atoms in total. The molecule has 3 N–H and O–H groups in total. The zero-order valence-electron chi connectivity index (χ0n) is 7.75. The average molecular weight is 192 g/mol. The van der Waals surface area contributed by atoms with E-state index in [4.69, 9.17) is 14.6 Å². The molecular formula is C8H16O5. The molecule has 0 aromatic heterocycles. The molecule has 78 valence electrons. The Labute approximate surface area is 76.9 Å². The summed E-state index contributed by atoms with van der Waals surface area (Å²) < 4.78 is 10.2. The molecule has 1 aliphatic heterocycles. The highest BCUT2D eigenvalue weighted by Gasteiger charge is 2.42. The van der Waals surface area contributed by atoms with Crippen molar-refractivity contribution in [3.05, 3.63) is 0 Å². The van der Waals surface area contributed by atoms with Crippen molar-refractivity contribution >= 4 is 0 Å². The highest BCUT2D eigenvalue weighted by Crippen LogP contribution is 2.22. The highest BCUT2D eigenvalue weighted by molar-refractivity contribution is 4.91. The Kier molecular flexibility index (Phi) is 3.63. The molecular weight excluding hydrogens is 176 g/mol. The van der Waals surface area contributed by atoms with Gasteiger partial charge >= 0.3 is 0 Å². The largest absolute Gasteiger partial charge is 0.394 e. The van der Waals surface area contributed by atoms with Crippen LogP contribution in [0.2, 0.25) is 0 Å². The van der Waals surface area contributed by atoms with Gasteiger partial charge in [0, 0.05) is 7.11 Å². The van der Waals surface area contributed by atoms with E-state index in [0.29, 0.717) is 0 Å². The number of aliphatic hydroxyl groups excluding tert-OH is 3. The number of aliphatic hydroxyl groups is 3. The van der Waals surface area contributed by atoms with Crippen LogP contribution in [0.25, 0.3) is 0 Å². The highest BCUT2D eigenvalue weighted by atomic mass is 16.6. The van der Waals surface area contributed by atoms with Crippen LogP contribution < -0.4 is 0 Å². The monoisotopic (exact) mass is 192 g/mol. The van der Waals surface area contributed by atoms with Crippen molar-refractivity contribution in [2.24, 2.45) is 0 Å². The zero-order chi connectivity index (χ0) is 10.0. The van der Waals surface area contributed by atoms with Crippen molar-refractivity contribution in [1.82, 2.24) is 0 Å². The smallest absolute Gasteiger partial charge is 0.114 e. The summed E-state index contributed by atoms with van der Waals surface area (Å²) in [5.74, 6) is 0. The van der Waals surface area contributed by atoms with E-state index in [-0.39, 0.29) is 6.61 Å². The molecule has 0 aromatic rings. The van der Waals surface area contributed by atoms with Gasteiger partial charge in [-0.1, -0.05) is 0 Å². The lowest BCUT2D eigenvalue weighted by Gasteiger charge is -2.40. The molecule has 1 fully saturated rings. The van der Waals surface area contributed by atoms with E-state index in [1.807, 2.05) is 0 Å². The minimum Gasteiger partial charge on any atom is -0.394 e. The summed E-state index contributed by atoms with van der Waals surface area (Å²) in [6, 6.07) is 0. The number of methoxy groups -OCH3 is 1. The Balaban J connectivity index is 2.69. The molecule has 0 saturated carbocycles. The molecule has 1 rings (SSSR count). The quantitative estimate of drug-likeness (QED) is 0.496. The van der Waals surface area contributed by atoms with Crippen molar-refractivity contribution in [3.8, 4) is 0 Å². The topological polar surface area (TPSA) is 79.2 Å².